The standard InChI is InChI=1S/3C37H43ClF3N5O4/c3*1-21-22(2)36(49)44(3)18-26(21)24-15-29(38)27(33(16-24)50-4)19-45-12-11-28(37(40,41)20-45)23-9-13-46(14-10-23)32-7-5-25(17-30(32)39)42-31-6-8-34(47)43-35(31)48/h3*5,7,15-18,23,28,31,42H,6,8-14,19-20H2,1-4H3,(H,43,47,48). The van der Waals surface area contributed by atoms with Gasteiger partial charge < -0.3 is 58.6 Å². The van der Waals surface area contributed by atoms with Gasteiger partial charge in [-0.25, -0.2) is 39.5 Å². The number of imide groups is 3. The van der Waals surface area contributed by atoms with Crippen LogP contribution in [0.15, 0.2) is 124 Å². The molecule has 6 atom stereocenters. The largest absolute Gasteiger partial charge is 0.496 e. The molecule has 3 aromatic heterocycles. The molecule has 27 nitrogen and oxygen atoms in total. The van der Waals surface area contributed by atoms with Crippen LogP contribution in [0.3, 0.4) is 0 Å². The highest BCUT2D eigenvalue weighted by Crippen LogP contribution is 2.50. The second-order valence-corrected chi connectivity index (χ2v) is 42.8. The van der Waals surface area contributed by atoms with Crippen LogP contribution < -0.4 is 77.5 Å². The van der Waals surface area contributed by atoms with E-state index in [1.54, 1.807) is 130 Å². The van der Waals surface area contributed by atoms with Gasteiger partial charge in [-0.1, -0.05) is 34.8 Å². The first-order valence-corrected chi connectivity index (χ1v) is 52.3. The topological polar surface area (TPSA) is 288 Å². The van der Waals surface area contributed by atoms with Crippen molar-refractivity contribution in [2.75, 3.05) is 131 Å². The van der Waals surface area contributed by atoms with Gasteiger partial charge in [-0.05, 0) is 280 Å². The molecule has 0 radical (unpaired) electrons. The van der Waals surface area contributed by atoms with E-state index in [4.69, 9.17) is 49.0 Å². The third kappa shape index (κ3) is 24.5. The van der Waals surface area contributed by atoms with E-state index in [2.05, 4.69) is 31.9 Å². The van der Waals surface area contributed by atoms with E-state index in [0.29, 0.717) is 236 Å². The molecule has 6 amide bonds. The van der Waals surface area contributed by atoms with Crippen LogP contribution in [0.4, 0.5) is 73.6 Å². The number of alkyl halides is 6. The molecule has 9 saturated heterocycles. The molecule has 6 N–H and O–H groups in total. The van der Waals surface area contributed by atoms with E-state index >= 15 is 39.5 Å². The van der Waals surface area contributed by atoms with Crippen LogP contribution in [0.25, 0.3) is 33.4 Å². The molecule has 12 heterocycles. The van der Waals surface area contributed by atoms with Gasteiger partial charge in [0.15, 0.2) is 0 Å². The molecule has 6 aromatic carbocycles. The van der Waals surface area contributed by atoms with E-state index in [0.717, 1.165) is 50.1 Å². The maximum absolute atomic E-state index is 15.8. The zero-order chi connectivity index (χ0) is 108. The number of carbonyl (C=O) groups excluding carboxylic acids is 6. The molecular weight excluding hydrogens is 2010 g/mol. The molecule has 9 aliphatic rings. The number of carbonyl (C=O) groups is 6. The number of benzene rings is 6. The Bertz CT molecular complexity index is 6210. The number of pyridine rings is 3. The smallest absolute Gasteiger partial charge is 0.263 e. The van der Waals surface area contributed by atoms with Gasteiger partial charge in [0.2, 0.25) is 35.4 Å². The number of anilines is 6. The molecule has 0 spiro atoms. The van der Waals surface area contributed by atoms with Gasteiger partial charge in [-0.3, -0.25) is 73.8 Å². The molecule has 9 fully saturated rings. The molecule has 9 aromatic rings. The average Bonchev–Trinajstić information content (AvgIpc) is 0.695. The maximum atomic E-state index is 15.8. The van der Waals surface area contributed by atoms with Crippen LogP contribution in [0, 0.1) is 94.5 Å². The van der Waals surface area contributed by atoms with Gasteiger partial charge in [-0.15, -0.1) is 0 Å². The summed E-state index contributed by atoms with van der Waals surface area (Å²) in [7, 11) is 9.69. The SMILES string of the molecule is COc1cc(-c2cn(C)c(=O)c(C)c2C)cc(Cl)c1CN1CCC(C2CCN(c3ccc(NC4CCC(=O)NC4=O)cc3F)CC2)C(F)(F)C1.COc1cc(-c2cn(C)c(=O)c(C)c2C)cc(Cl)c1CN1CCC(C2CCN(c3ccc(NC4CCC(=O)NC4=O)cc3F)CC2)C(F)(F)C1.COc1cc(-c2cn(C)c(=O)c(C)c2C)cc(Cl)c1CN1CCC(C2CCN(c3ccc(NC4CCC(=O)NC4=O)cc3F)CC2)C(F)(F)C1. The molecule has 18 rings (SSSR count). The number of aromatic nitrogens is 3. The van der Waals surface area contributed by atoms with Crippen molar-refractivity contribution in [3.05, 3.63) is 223 Å². The fourth-order valence-corrected chi connectivity index (χ4v) is 24.1. The summed E-state index contributed by atoms with van der Waals surface area (Å²) in [6, 6.07) is 23.1. The lowest BCUT2D eigenvalue weighted by molar-refractivity contribution is -0.135. The van der Waals surface area contributed by atoms with Gasteiger partial charge in [0.1, 0.15) is 52.8 Å². The molecule has 0 bridgehead atoms. The Kier molecular flexibility index (Phi) is 34.1. The van der Waals surface area contributed by atoms with Gasteiger partial charge in [-0.2, -0.15) is 0 Å². The summed E-state index contributed by atoms with van der Waals surface area (Å²) in [6.07, 6.45) is 11.1. The maximum Gasteiger partial charge on any atom is 0.263 e. The molecule has 9 aliphatic heterocycles. The second kappa shape index (κ2) is 46.2. The van der Waals surface area contributed by atoms with Crippen LogP contribution in [0.5, 0.6) is 17.2 Å². The zero-order valence-electron chi connectivity index (χ0n) is 86.3. The Morgan fingerprint density at radius 2 is 0.587 bits per heavy atom. The number of methoxy groups -OCH3 is 3. The molecule has 804 valence electrons. The number of hydrogen-bond donors (Lipinski definition) is 6. The Labute approximate surface area is 880 Å². The monoisotopic (exact) mass is 2140 g/mol. The predicted molar refractivity (Wildman–Crippen MR) is 563 cm³/mol. The summed E-state index contributed by atoms with van der Waals surface area (Å²) in [5, 5.41) is 17.0. The van der Waals surface area contributed by atoms with Crippen LogP contribution in [0.1, 0.15) is 146 Å². The van der Waals surface area contributed by atoms with E-state index in [1.807, 2.05) is 53.7 Å². The minimum Gasteiger partial charge on any atom is -0.496 e. The van der Waals surface area contributed by atoms with E-state index in [-0.39, 0.29) is 91.0 Å². The lowest BCUT2D eigenvalue weighted by Crippen LogP contribution is -2.52. The third-order valence-electron chi connectivity index (χ3n) is 32.1. The predicted octanol–water partition coefficient (Wildman–Crippen LogP) is 18.2. The fourth-order valence-electron chi connectivity index (χ4n) is 23.3. The van der Waals surface area contributed by atoms with E-state index < -0.39 is 108 Å². The Morgan fingerprint density at radius 1 is 0.340 bits per heavy atom. The van der Waals surface area contributed by atoms with Crippen LogP contribution in [0.2, 0.25) is 15.1 Å². The van der Waals surface area contributed by atoms with Gasteiger partial charge in [0.05, 0.1) is 58.0 Å². The number of piperidine rings is 9. The number of ether oxygens (including phenoxy) is 3. The Morgan fingerprint density at radius 3 is 0.807 bits per heavy atom. The first-order valence-electron chi connectivity index (χ1n) is 51.1. The van der Waals surface area contributed by atoms with Crippen molar-refractivity contribution in [3.63, 3.8) is 0 Å². The summed E-state index contributed by atoms with van der Waals surface area (Å²) < 4.78 is 162. The Balaban J connectivity index is 0.000000160. The minimum atomic E-state index is -2.91. The van der Waals surface area contributed by atoms with Crippen molar-refractivity contribution in [1.82, 2.24) is 44.4 Å². The third-order valence-corrected chi connectivity index (χ3v) is 33.1. The number of hydrogen-bond acceptors (Lipinski definition) is 21. The van der Waals surface area contributed by atoms with Crippen molar-refractivity contribution in [2.24, 2.45) is 56.7 Å². The first kappa shape index (κ1) is 111. The normalized spacial score (nSPS) is 21.6. The van der Waals surface area contributed by atoms with Gasteiger partial charge in [0, 0.05) is 218 Å². The number of halogens is 12. The van der Waals surface area contributed by atoms with Crippen molar-refractivity contribution in [1.29, 1.82) is 0 Å². The zero-order valence-corrected chi connectivity index (χ0v) is 88.5. The van der Waals surface area contributed by atoms with Crippen LogP contribution in [-0.4, -0.2) is 200 Å². The summed E-state index contributed by atoms with van der Waals surface area (Å²) in [4.78, 5) is 119. The van der Waals surface area contributed by atoms with E-state index in [9.17, 15) is 43.2 Å². The van der Waals surface area contributed by atoms with Crippen LogP contribution in [-0.2, 0) is 69.5 Å². The number of aryl methyl sites for hydroxylation is 3. The van der Waals surface area contributed by atoms with Crippen molar-refractivity contribution in [3.8, 4) is 50.6 Å². The quantitative estimate of drug-likeness (QED) is 0.0242. The number of nitrogens with zero attached hydrogens (tertiary/aromatic N) is 9. The number of nitrogens with one attached hydrogen (secondary N) is 6. The summed E-state index contributed by atoms with van der Waals surface area (Å²) in [5.74, 6) is -13.8. The summed E-state index contributed by atoms with van der Waals surface area (Å²) in [5.41, 5.74) is 13.5. The second-order valence-electron chi connectivity index (χ2n) is 41.6. The highest BCUT2D eigenvalue weighted by Gasteiger charge is 2.53. The average molecular weight is 2140 g/mol. The first-order chi connectivity index (χ1) is 71.2. The fraction of sp³-hybridized carbons (Fsp3) is 0.486. The molecule has 150 heavy (non-hydrogen) atoms. The molecule has 6 unspecified atom stereocenters. The summed E-state index contributed by atoms with van der Waals surface area (Å²) >= 11 is 20.3. The number of likely N-dealkylation sites (tertiary alicyclic amines) is 3. The lowest BCUT2D eigenvalue weighted by atomic mass is 9.76. The highest BCUT2D eigenvalue weighted by atomic mass is 35.5. The Hall–Kier alpha value is -12.1. The molecule has 0 saturated carbocycles. The van der Waals surface area contributed by atoms with Crippen LogP contribution >= 0.6 is 34.8 Å². The van der Waals surface area contributed by atoms with E-state index in [1.165, 1.54) is 53.2 Å². The minimum absolute atomic E-state index is 0.0717. The van der Waals surface area contributed by atoms with Gasteiger partial charge >= 0.3 is 0 Å². The molecule has 39 heteroatoms. The lowest BCUT2D eigenvalue weighted by Gasteiger charge is -2.45. The van der Waals surface area contributed by atoms with Crippen molar-refractivity contribution >= 4 is 104 Å². The number of rotatable bonds is 24. The summed E-state index contributed by atoms with van der Waals surface area (Å²) in [6.45, 7) is 14.7. The van der Waals surface area contributed by atoms with Crippen molar-refractivity contribution in [2.45, 2.75) is 193 Å². The molecular formula is C111H129Cl3F9N15O12. The number of amides is 6. The van der Waals surface area contributed by atoms with Crippen molar-refractivity contribution < 1.29 is 82.5 Å². The highest BCUT2D eigenvalue weighted by molar-refractivity contribution is 6.32. The van der Waals surface area contributed by atoms with Gasteiger partial charge in [0.25, 0.3) is 34.4 Å². The molecule has 0 aliphatic carbocycles.